The van der Waals surface area contributed by atoms with E-state index in [1.165, 1.54) is 6.20 Å². The summed E-state index contributed by atoms with van der Waals surface area (Å²) in [7, 11) is 0. The van der Waals surface area contributed by atoms with Crippen molar-refractivity contribution < 1.29 is 14.3 Å². The smallest absolute Gasteiger partial charge is 0.337 e. The number of fused-ring (bicyclic) bond motifs is 1. The molecule has 0 spiro atoms. The van der Waals surface area contributed by atoms with Gasteiger partial charge in [0, 0.05) is 34.8 Å². The number of carboxylic acid groups (broad SMARTS) is 1. The normalized spacial score (nSPS) is 11.0. The fourth-order valence-corrected chi connectivity index (χ4v) is 3.00. The van der Waals surface area contributed by atoms with E-state index in [-0.39, 0.29) is 16.3 Å². The first-order valence-electron chi connectivity index (χ1n) is 7.93. The number of rotatable bonds is 5. The Bertz CT molecular complexity index is 1210. The first-order valence-corrected chi connectivity index (χ1v) is 8.31. The van der Waals surface area contributed by atoms with E-state index >= 15 is 0 Å². The van der Waals surface area contributed by atoms with Crippen molar-refractivity contribution in [2.24, 2.45) is 0 Å². The number of halogens is 1. The lowest BCUT2D eigenvalue weighted by molar-refractivity contribution is 0.0698. The second kappa shape index (κ2) is 6.65. The molecule has 0 aliphatic heterocycles. The van der Waals surface area contributed by atoms with Crippen molar-refractivity contribution in [3.05, 3.63) is 69.4 Å². The molecule has 4 N–H and O–H groups in total. The highest BCUT2D eigenvalue weighted by Gasteiger charge is 2.13. The van der Waals surface area contributed by atoms with Crippen molar-refractivity contribution in [1.82, 2.24) is 15.2 Å². The fourth-order valence-electron chi connectivity index (χ4n) is 2.85. The van der Waals surface area contributed by atoms with Crippen LogP contribution < -0.4 is 10.9 Å². The lowest BCUT2D eigenvalue weighted by atomic mass is 10.1. The van der Waals surface area contributed by atoms with Crippen LogP contribution in [-0.4, -0.2) is 26.3 Å². The minimum absolute atomic E-state index is 0.0444. The summed E-state index contributed by atoms with van der Waals surface area (Å²) in [6, 6.07) is 8.33. The van der Waals surface area contributed by atoms with Crippen LogP contribution in [0.15, 0.2) is 51.9 Å². The summed E-state index contributed by atoms with van der Waals surface area (Å²) >= 11 is 5.82. The highest BCUT2D eigenvalue weighted by molar-refractivity contribution is 6.29. The number of hydrogen-bond donors (Lipinski definition) is 4. The lowest BCUT2D eigenvalue weighted by Crippen LogP contribution is -2.10. The van der Waals surface area contributed by atoms with Crippen LogP contribution in [0.1, 0.15) is 15.9 Å². The average molecular weight is 385 g/mol. The van der Waals surface area contributed by atoms with Gasteiger partial charge in [0.05, 0.1) is 11.8 Å². The average Bonchev–Trinajstić information content (AvgIpc) is 3.28. The number of benzene rings is 1. The van der Waals surface area contributed by atoms with E-state index in [1.54, 1.807) is 36.5 Å². The number of pyridine rings is 1. The molecule has 0 bridgehead atoms. The molecule has 0 radical (unpaired) electrons. The summed E-state index contributed by atoms with van der Waals surface area (Å²) in [6.07, 6.45) is 2.86. The molecular weight excluding hydrogens is 372 g/mol. The number of furan rings is 1. The number of aromatic carboxylic acids is 1. The van der Waals surface area contributed by atoms with Gasteiger partial charge in [-0.2, -0.15) is 5.10 Å². The molecule has 4 rings (SSSR count). The van der Waals surface area contributed by atoms with Gasteiger partial charge in [0.25, 0.3) is 5.56 Å². The first-order chi connectivity index (χ1) is 13.0. The summed E-state index contributed by atoms with van der Waals surface area (Å²) in [5, 5.41) is 20.3. The predicted molar refractivity (Wildman–Crippen MR) is 100 cm³/mol. The van der Waals surface area contributed by atoms with Crippen LogP contribution >= 0.6 is 11.6 Å². The summed E-state index contributed by atoms with van der Waals surface area (Å²) in [4.78, 5) is 25.8. The third-order valence-corrected chi connectivity index (χ3v) is 4.36. The maximum Gasteiger partial charge on any atom is 0.337 e. The molecule has 3 aromatic heterocycles. The van der Waals surface area contributed by atoms with Gasteiger partial charge in [-0.1, -0.05) is 6.07 Å². The molecule has 27 heavy (non-hydrogen) atoms. The number of carboxylic acids is 1. The van der Waals surface area contributed by atoms with Crippen molar-refractivity contribution in [1.29, 1.82) is 0 Å². The van der Waals surface area contributed by atoms with E-state index in [2.05, 4.69) is 20.5 Å². The number of aromatic nitrogens is 3. The molecule has 0 saturated heterocycles. The quantitative estimate of drug-likeness (QED) is 0.417. The molecule has 4 aromatic rings. The van der Waals surface area contributed by atoms with Gasteiger partial charge in [0.2, 0.25) is 0 Å². The minimum atomic E-state index is -1.10. The number of carbonyl (C=O) groups is 1. The van der Waals surface area contributed by atoms with Crippen LogP contribution in [0, 0.1) is 0 Å². The Morgan fingerprint density at radius 1 is 1.26 bits per heavy atom. The van der Waals surface area contributed by atoms with Crippen LogP contribution in [-0.2, 0) is 6.54 Å². The van der Waals surface area contributed by atoms with Gasteiger partial charge in [0.1, 0.15) is 5.69 Å². The topological polar surface area (TPSA) is 124 Å². The van der Waals surface area contributed by atoms with E-state index in [1.807, 2.05) is 0 Å². The Kier molecular flexibility index (Phi) is 4.17. The number of nitrogens with one attached hydrogen (secondary N) is 3. The van der Waals surface area contributed by atoms with Crippen LogP contribution in [0.5, 0.6) is 0 Å². The standard InChI is InChI=1S/C18H13ClN4O4/c19-15-4-3-14(27-15)16-9(7-22-23-16)6-20-10-1-2-11-12(5-10)17(24)21-8-13(11)18(25)26/h1-5,7-8,20H,6H2,(H,21,24)(H,22,23)(H,25,26). The molecule has 9 heteroatoms. The van der Waals surface area contributed by atoms with E-state index < -0.39 is 5.97 Å². The van der Waals surface area contributed by atoms with Gasteiger partial charge in [-0.15, -0.1) is 0 Å². The zero-order chi connectivity index (χ0) is 19.0. The minimum Gasteiger partial charge on any atom is -0.478 e. The number of anilines is 1. The maximum absolute atomic E-state index is 12.1. The first kappa shape index (κ1) is 16.9. The molecule has 0 unspecified atom stereocenters. The summed E-state index contributed by atoms with van der Waals surface area (Å²) in [6.45, 7) is 0.409. The highest BCUT2D eigenvalue weighted by Crippen LogP contribution is 2.26. The van der Waals surface area contributed by atoms with Gasteiger partial charge in [-0.25, -0.2) is 4.79 Å². The number of hydrogen-bond acceptors (Lipinski definition) is 5. The molecule has 0 aliphatic rings. The molecule has 3 heterocycles. The largest absolute Gasteiger partial charge is 0.478 e. The molecule has 8 nitrogen and oxygen atoms in total. The van der Waals surface area contributed by atoms with E-state index in [9.17, 15) is 14.7 Å². The third-order valence-electron chi connectivity index (χ3n) is 4.15. The Morgan fingerprint density at radius 2 is 2.11 bits per heavy atom. The van der Waals surface area contributed by atoms with Crippen LogP contribution in [0.2, 0.25) is 5.22 Å². The van der Waals surface area contributed by atoms with Crippen molar-refractivity contribution in [2.75, 3.05) is 5.32 Å². The van der Waals surface area contributed by atoms with Crippen molar-refractivity contribution in [3.63, 3.8) is 0 Å². The SMILES string of the molecule is O=C(O)c1c[nH]c(=O)c2cc(NCc3cn[nH]c3-c3ccc(Cl)o3)ccc12. The summed E-state index contributed by atoms with van der Waals surface area (Å²) < 4.78 is 5.39. The lowest BCUT2D eigenvalue weighted by Gasteiger charge is -2.08. The fraction of sp³-hybridized carbons (Fsp3) is 0.0556. The molecule has 136 valence electrons. The third kappa shape index (κ3) is 3.18. The van der Waals surface area contributed by atoms with E-state index in [0.29, 0.717) is 34.5 Å². The van der Waals surface area contributed by atoms with Crippen LogP contribution in [0.3, 0.4) is 0 Å². The van der Waals surface area contributed by atoms with Crippen molar-refractivity contribution in [3.8, 4) is 11.5 Å². The van der Waals surface area contributed by atoms with Crippen molar-refractivity contribution in [2.45, 2.75) is 6.54 Å². The van der Waals surface area contributed by atoms with E-state index in [4.69, 9.17) is 16.0 Å². The Labute approximate surface area is 156 Å². The Hall–Kier alpha value is -3.52. The van der Waals surface area contributed by atoms with Crippen LogP contribution in [0.4, 0.5) is 5.69 Å². The van der Waals surface area contributed by atoms with Gasteiger partial charge in [-0.3, -0.25) is 9.89 Å². The Balaban J connectivity index is 1.62. The second-order valence-corrected chi connectivity index (χ2v) is 6.20. The number of H-pyrrole nitrogens is 2. The number of nitrogens with zero attached hydrogens (tertiary/aromatic N) is 1. The predicted octanol–water partition coefficient (Wildman–Crippen LogP) is 3.47. The van der Waals surface area contributed by atoms with Gasteiger partial charge in [-0.05, 0) is 35.9 Å². The molecule has 1 aromatic carbocycles. The van der Waals surface area contributed by atoms with E-state index in [0.717, 1.165) is 5.56 Å². The number of aromatic amines is 2. The molecule has 0 atom stereocenters. The zero-order valence-electron chi connectivity index (χ0n) is 13.7. The Morgan fingerprint density at radius 3 is 2.85 bits per heavy atom. The molecule has 0 aliphatic carbocycles. The summed E-state index contributed by atoms with van der Waals surface area (Å²) in [5.41, 5.74) is 1.89. The maximum atomic E-state index is 12.1. The molecule has 0 saturated carbocycles. The summed E-state index contributed by atoms with van der Waals surface area (Å²) in [5.74, 6) is -0.535. The molecular formula is C18H13ClN4O4. The van der Waals surface area contributed by atoms with Gasteiger partial charge < -0.3 is 19.8 Å². The zero-order valence-corrected chi connectivity index (χ0v) is 14.5. The monoisotopic (exact) mass is 384 g/mol. The van der Waals surface area contributed by atoms with Gasteiger partial charge >= 0.3 is 5.97 Å². The van der Waals surface area contributed by atoms with Gasteiger partial charge in [0.15, 0.2) is 11.0 Å². The molecule has 0 amide bonds. The van der Waals surface area contributed by atoms with Crippen molar-refractivity contribution >= 4 is 34.0 Å². The highest BCUT2D eigenvalue weighted by atomic mass is 35.5. The molecule has 0 fully saturated rings. The van der Waals surface area contributed by atoms with Crippen LogP contribution in [0.25, 0.3) is 22.2 Å². The second-order valence-electron chi connectivity index (χ2n) is 5.82.